The van der Waals surface area contributed by atoms with E-state index in [1.165, 1.54) is 49.0 Å². The highest BCUT2D eigenvalue weighted by Gasteiger charge is 2.19. The molecule has 3 aromatic heterocycles. The van der Waals surface area contributed by atoms with Crippen LogP contribution in [0.4, 0.5) is 0 Å². The van der Waals surface area contributed by atoms with Crippen molar-refractivity contribution in [3.63, 3.8) is 0 Å². The Morgan fingerprint density at radius 2 is 0.980 bits per heavy atom. The Morgan fingerprint density at radius 3 is 1.70 bits per heavy atom. The minimum atomic E-state index is 0.952. The summed E-state index contributed by atoms with van der Waals surface area (Å²) in [7, 11) is 0. The third-order valence-electron chi connectivity index (χ3n) is 9.92. The largest absolute Gasteiger partial charge is 0.316 e. The van der Waals surface area contributed by atoms with Crippen LogP contribution in [0.3, 0.4) is 0 Å². The molecule has 0 amide bonds. The van der Waals surface area contributed by atoms with Crippen LogP contribution in [0.1, 0.15) is 0 Å². The number of rotatable bonds is 5. The highest BCUT2D eigenvalue weighted by atomic mass is 15.0. The third kappa shape index (κ3) is 4.56. The van der Waals surface area contributed by atoms with Gasteiger partial charge in [0.1, 0.15) is 0 Å². The molecule has 7 aromatic carbocycles. The average molecular weight is 638 g/mol. The van der Waals surface area contributed by atoms with Gasteiger partial charge in [-0.2, -0.15) is 0 Å². The molecular weight excluding hydrogens is 607 g/mol. The van der Waals surface area contributed by atoms with Crippen LogP contribution >= 0.6 is 0 Å². The summed E-state index contributed by atoms with van der Waals surface area (Å²) in [4.78, 5) is 5.28. The SMILES string of the molecule is c1ccc(-c2cc(-c3ccccc3)nc(-c3ccc4c(c3)c3c5ccc6ccn(-c7ccccc7)c6c5ccc3n4-c3ccccc3)c2)cc1. The number of pyridine rings is 1. The van der Waals surface area contributed by atoms with Crippen LogP contribution in [0.5, 0.6) is 0 Å². The highest BCUT2D eigenvalue weighted by molar-refractivity contribution is 6.25. The molecule has 0 fully saturated rings. The van der Waals surface area contributed by atoms with Gasteiger partial charge in [-0.3, -0.25) is 0 Å². The molecule has 50 heavy (non-hydrogen) atoms. The van der Waals surface area contributed by atoms with E-state index in [4.69, 9.17) is 4.98 Å². The molecule has 0 bridgehead atoms. The standard InChI is InChI=1S/C47H31N3/c1-5-13-32(14-6-1)36-30-42(33-15-7-2-8-16-33)48-43(31-36)35-22-25-44-41(29-35)46-39-23-21-34-27-28-49(37-17-9-3-10-18-37)47(34)40(39)24-26-45(46)50(44)38-19-11-4-12-20-38/h1-31H. The van der Waals surface area contributed by atoms with Gasteiger partial charge in [-0.15, -0.1) is 0 Å². The molecule has 0 aliphatic rings. The van der Waals surface area contributed by atoms with Crippen molar-refractivity contribution in [3.05, 3.63) is 188 Å². The van der Waals surface area contributed by atoms with Crippen LogP contribution in [-0.2, 0) is 0 Å². The summed E-state index contributed by atoms with van der Waals surface area (Å²) in [6.45, 7) is 0. The molecule has 0 aliphatic heterocycles. The van der Waals surface area contributed by atoms with Crippen molar-refractivity contribution in [1.82, 2.24) is 14.1 Å². The molecule has 10 rings (SSSR count). The monoisotopic (exact) mass is 637 g/mol. The fraction of sp³-hybridized carbons (Fsp3) is 0. The molecule has 10 aromatic rings. The maximum atomic E-state index is 5.28. The van der Waals surface area contributed by atoms with Crippen LogP contribution in [0.25, 0.3) is 88.5 Å². The van der Waals surface area contributed by atoms with Crippen LogP contribution in [-0.4, -0.2) is 14.1 Å². The van der Waals surface area contributed by atoms with Gasteiger partial charge in [0.05, 0.1) is 27.9 Å². The van der Waals surface area contributed by atoms with E-state index in [0.717, 1.165) is 39.5 Å². The first-order valence-electron chi connectivity index (χ1n) is 17.1. The summed E-state index contributed by atoms with van der Waals surface area (Å²) in [6, 6.07) is 65.0. The lowest BCUT2D eigenvalue weighted by molar-refractivity contribution is 1.13. The van der Waals surface area contributed by atoms with Gasteiger partial charge >= 0.3 is 0 Å². The quantitative estimate of drug-likeness (QED) is 0.184. The number of aromatic nitrogens is 3. The second-order valence-corrected chi connectivity index (χ2v) is 12.8. The van der Waals surface area contributed by atoms with E-state index in [9.17, 15) is 0 Å². The van der Waals surface area contributed by atoms with E-state index in [-0.39, 0.29) is 0 Å². The van der Waals surface area contributed by atoms with E-state index in [0.29, 0.717) is 0 Å². The maximum Gasteiger partial charge on any atom is 0.0715 e. The van der Waals surface area contributed by atoms with Crippen molar-refractivity contribution in [2.45, 2.75) is 0 Å². The molecule has 3 heteroatoms. The van der Waals surface area contributed by atoms with Gasteiger partial charge in [0, 0.05) is 50.2 Å². The van der Waals surface area contributed by atoms with Crippen molar-refractivity contribution < 1.29 is 0 Å². The van der Waals surface area contributed by atoms with Crippen molar-refractivity contribution in [2.75, 3.05) is 0 Å². The number of para-hydroxylation sites is 2. The lowest BCUT2D eigenvalue weighted by Crippen LogP contribution is -1.94. The Labute approximate surface area is 290 Å². The number of fused-ring (bicyclic) bond motifs is 7. The summed E-state index contributed by atoms with van der Waals surface area (Å²) in [5.74, 6) is 0. The summed E-state index contributed by atoms with van der Waals surface area (Å²) in [5.41, 5.74) is 12.3. The first-order chi connectivity index (χ1) is 24.8. The number of hydrogen-bond donors (Lipinski definition) is 0. The van der Waals surface area contributed by atoms with Crippen molar-refractivity contribution in [3.8, 4) is 45.0 Å². The molecule has 234 valence electrons. The molecular formula is C47H31N3. The summed E-state index contributed by atoms with van der Waals surface area (Å²) in [5, 5.41) is 6.14. The maximum absolute atomic E-state index is 5.28. The third-order valence-corrected chi connectivity index (χ3v) is 9.92. The smallest absolute Gasteiger partial charge is 0.0715 e. The molecule has 0 saturated heterocycles. The van der Waals surface area contributed by atoms with Crippen LogP contribution in [0.2, 0.25) is 0 Å². The van der Waals surface area contributed by atoms with Gasteiger partial charge in [-0.25, -0.2) is 4.98 Å². The Balaban J connectivity index is 1.27. The first kappa shape index (κ1) is 28.3. The topological polar surface area (TPSA) is 22.8 Å². The fourth-order valence-corrected chi connectivity index (χ4v) is 7.61. The Hall–Kier alpha value is -6.71. The highest BCUT2D eigenvalue weighted by Crippen LogP contribution is 2.41. The van der Waals surface area contributed by atoms with Crippen LogP contribution in [0.15, 0.2) is 188 Å². The summed E-state index contributed by atoms with van der Waals surface area (Å²) < 4.78 is 4.72. The number of benzene rings is 7. The first-order valence-corrected chi connectivity index (χ1v) is 17.1. The van der Waals surface area contributed by atoms with E-state index in [2.05, 4.69) is 197 Å². The molecule has 0 atom stereocenters. The Bertz CT molecular complexity index is 2770. The number of nitrogens with zero attached hydrogens (tertiary/aromatic N) is 3. The lowest BCUT2D eigenvalue weighted by Gasteiger charge is -2.11. The second kappa shape index (κ2) is 11.5. The predicted molar refractivity (Wildman–Crippen MR) is 209 cm³/mol. The zero-order valence-corrected chi connectivity index (χ0v) is 27.2. The Kier molecular flexibility index (Phi) is 6.49. The Morgan fingerprint density at radius 1 is 0.380 bits per heavy atom. The average Bonchev–Trinajstić information content (AvgIpc) is 3.79. The minimum Gasteiger partial charge on any atom is -0.316 e. The van der Waals surface area contributed by atoms with Gasteiger partial charge in [0.15, 0.2) is 0 Å². The molecule has 0 radical (unpaired) electrons. The molecule has 0 aliphatic carbocycles. The minimum absolute atomic E-state index is 0.952. The predicted octanol–water partition coefficient (Wildman–Crippen LogP) is 12.3. The van der Waals surface area contributed by atoms with Gasteiger partial charge < -0.3 is 9.13 Å². The van der Waals surface area contributed by atoms with E-state index in [1.54, 1.807) is 0 Å². The van der Waals surface area contributed by atoms with Crippen molar-refractivity contribution in [1.29, 1.82) is 0 Å². The van der Waals surface area contributed by atoms with Crippen LogP contribution < -0.4 is 0 Å². The normalized spacial score (nSPS) is 11.6. The molecule has 0 unspecified atom stereocenters. The fourth-order valence-electron chi connectivity index (χ4n) is 7.61. The van der Waals surface area contributed by atoms with E-state index >= 15 is 0 Å². The van der Waals surface area contributed by atoms with Gasteiger partial charge in [-0.05, 0) is 77.2 Å². The molecule has 3 nitrogen and oxygen atoms in total. The van der Waals surface area contributed by atoms with Crippen molar-refractivity contribution in [2.24, 2.45) is 0 Å². The zero-order chi connectivity index (χ0) is 33.0. The van der Waals surface area contributed by atoms with Gasteiger partial charge in [0.2, 0.25) is 0 Å². The van der Waals surface area contributed by atoms with E-state index < -0.39 is 0 Å². The molecule has 0 N–H and O–H groups in total. The zero-order valence-electron chi connectivity index (χ0n) is 27.2. The van der Waals surface area contributed by atoms with Gasteiger partial charge in [-0.1, -0.05) is 121 Å². The molecule has 0 saturated carbocycles. The molecule has 3 heterocycles. The summed E-state index contributed by atoms with van der Waals surface area (Å²) in [6.07, 6.45) is 2.19. The molecule has 0 spiro atoms. The second-order valence-electron chi connectivity index (χ2n) is 12.8. The van der Waals surface area contributed by atoms with Crippen molar-refractivity contribution >= 4 is 43.5 Å². The van der Waals surface area contributed by atoms with Gasteiger partial charge in [0.25, 0.3) is 0 Å². The summed E-state index contributed by atoms with van der Waals surface area (Å²) >= 11 is 0. The van der Waals surface area contributed by atoms with Crippen LogP contribution in [0, 0.1) is 0 Å². The lowest BCUT2D eigenvalue weighted by atomic mass is 9.98. The number of hydrogen-bond acceptors (Lipinski definition) is 1. The van der Waals surface area contributed by atoms with E-state index in [1.807, 2.05) is 0 Å².